The average Bonchev–Trinajstić information content (AvgIpc) is 3.34. The van der Waals surface area contributed by atoms with Gasteiger partial charge in [-0.05, 0) is 24.1 Å². The van der Waals surface area contributed by atoms with Gasteiger partial charge in [0.1, 0.15) is 0 Å². The number of para-hydroxylation sites is 1. The SMILES string of the molecule is Cn1c(=O)n(CCc2ccccc2)c(=O)c2c1nc(N1CCNCC1)n2-c1ccccc1Cl.O=C(O)C(F)(F)F. The van der Waals surface area contributed by atoms with Crippen molar-refractivity contribution in [3.63, 3.8) is 0 Å². The standard InChI is InChI=1S/C24H25ClN6O2.C2HF3O2/c1-28-21-20(22(32)30(24(28)33)14-11-17-7-3-2-4-8-17)31(19-10-6-5-9-18(19)25)23(27-21)29-15-12-26-13-16-29;3-2(4,5)1(6)7/h2-10,26H,11-16H2,1H3;(H,6,7). The van der Waals surface area contributed by atoms with Crippen molar-refractivity contribution in [1.82, 2.24) is 24.0 Å². The Morgan fingerprint density at radius 3 is 2.25 bits per heavy atom. The summed E-state index contributed by atoms with van der Waals surface area (Å²) in [5.41, 5.74) is 1.70. The van der Waals surface area contributed by atoms with Crippen LogP contribution in [0.5, 0.6) is 0 Å². The molecule has 1 aliphatic rings. The van der Waals surface area contributed by atoms with Crippen LogP contribution in [0.3, 0.4) is 0 Å². The second-order valence-electron chi connectivity index (χ2n) is 8.94. The minimum Gasteiger partial charge on any atom is -0.475 e. The van der Waals surface area contributed by atoms with Crippen LogP contribution in [0, 0.1) is 0 Å². The second kappa shape index (κ2) is 12.0. The maximum absolute atomic E-state index is 13.7. The molecule has 0 atom stereocenters. The van der Waals surface area contributed by atoms with Crippen LogP contribution in [0.1, 0.15) is 5.56 Å². The minimum atomic E-state index is -5.08. The Labute approximate surface area is 230 Å². The molecule has 0 unspecified atom stereocenters. The van der Waals surface area contributed by atoms with Gasteiger partial charge in [-0.25, -0.2) is 9.59 Å². The Morgan fingerprint density at radius 2 is 1.65 bits per heavy atom. The number of hydrogen-bond acceptors (Lipinski definition) is 6. The highest BCUT2D eigenvalue weighted by Gasteiger charge is 2.38. The molecule has 2 aromatic heterocycles. The number of nitrogens with one attached hydrogen (secondary N) is 1. The zero-order valence-electron chi connectivity index (χ0n) is 21.4. The topological polar surface area (TPSA) is 114 Å². The molecule has 0 bridgehead atoms. The number of halogens is 4. The van der Waals surface area contributed by atoms with E-state index in [0.29, 0.717) is 34.2 Å². The van der Waals surface area contributed by atoms with E-state index in [2.05, 4.69) is 10.2 Å². The molecule has 212 valence electrons. The molecule has 3 heterocycles. The number of alkyl halides is 3. The fourth-order valence-corrected chi connectivity index (χ4v) is 4.55. The molecule has 5 rings (SSSR count). The molecular formula is C26H26ClF3N6O4. The largest absolute Gasteiger partial charge is 0.490 e. The molecular weight excluding hydrogens is 553 g/mol. The number of piperazine rings is 1. The van der Waals surface area contributed by atoms with Crippen LogP contribution in [0.25, 0.3) is 16.9 Å². The third-order valence-corrected chi connectivity index (χ3v) is 6.65. The molecule has 2 aromatic carbocycles. The lowest BCUT2D eigenvalue weighted by molar-refractivity contribution is -0.192. The summed E-state index contributed by atoms with van der Waals surface area (Å²) in [5.74, 6) is -2.14. The van der Waals surface area contributed by atoms with Gasteiger partial charge >= 0.3 is 17.8 Å². The number of carboxylic acids is 1. The predicted octanol–water partition coefficient (Wildman–Crippen LogP) is 2.82. The van der Waals surface area contributed by atoms with Crippen molar-refractivity contribution in [3.05, 3.63) is 86.0 Å². The molecule has 2 N–H and O–H groups in total. The predicted molar refractivity (Wildman–Crippen MR) is 145 cm³/mol. The van der Waals surface area contributed by atoms with Gasteiger partial charge in [-0.15, -0.1) is 0 Å². The van der Waals surface area contributed by atoms with E-state index in [9.17, 15) is 22.8 Å². The quantitative estimate of drug-likeness (QED) is 0.374. The van der Waals surface area contributed by atoms with Gasteiger partial charge in [0.2, 0.25) is 5.95 Å². The number of fused-ring (bicyclic) bond motifs is 1. The van der Waals surface area contributed by atoms with Crippen molar-refractivity contribution in [1.29, 1.82) is 0 Å². The monoisotopic (exact) mass is 578 g/mol. The third kappa shape index (κ3) is 6.05. The Hall–Kier alpha value is -4.10. The number of carbonyl (C=O) groups is 1. The van der Waals surface area contributed by atoms with E-state index < -0.39 is 12.1 Å². The molecule has 1 aliphatic heterocycles. The zero-order chi connectivity index (χ0) is 29.0. The highest BCUT2D eigenvalue weighted by Crippen LogP contribution is 2.29. The maximum atomic E-state index is 13.7. The number of carboxylic acid groups (broad SMARTS) is 1. The van der Waals surface area contributed by atoms with Crippen LogP contribution in [0.2, 0.25) is 5.02 Å². The van der Waals surface area contributed by atoms with Crippen molar-refractivity contribution in [2.75, 3.05) is 31.1 Å². The van der Waals surface area contributed by atoms with Crippen LogP contribution in [0.4, 0.5) is 19.1 Å². The molecule has 40 heavy (non-hydrogen) atoms. The van der Waals surface area contributed by atoms with Crippen LogP contribution in [-0.2, 0) is 24.8 Å². The number of aryl methyl sites for hydroxylation is 2. The molecule has 1 fully saturated rings. The number of imidazole rings is 1. The number of aromatic nitrogens is 4. The van der Waals surface area contributed by atoms with E-state index in [1.54, 1.807) is 13.1 Å². The second-order valence-corrected chi connectivity index (χ2v) is 9.35. The average molecular weight is 579 g/mol. The van der Waals surface area contributed by atoms with E-state index in [1.165, 1.54) is 9.13 Å². The van der Waals surface area contributed by atoms with Gasteiger partial charge in [0.15, 0.2) is 11.2 Å². The molecule has 0 saturated carbocycles. The van der Waals surface area contributed by atoms with Crippen molar-refractivity contribution in [3.8, 4) is 5.69 Å². The van der Waals surface area contributed by atoms with Crippen LogP contribution >= 0.6 is 11.6 Å². The van der Waals surface area contributed by atoms with Crippen LogP contribution in [-0.4, -0.2) is 62.1 Å². The van der Waals surface area contributed by atoms with Crippen molar-refractivity contribution in [2.45, 2.75) is 19.1 Å². The van der Waals surface area contributed by atoms with Gasteiger partial charge < -0.3 is 15.3 Å². The summed E-state index contributed by atoms with van der Waals surface area (Å²) in [6.07, 6.45) is -4.51. The van der Waals surface area contributed by atoms with Crippen molar-refractivity contribution >= 4 is 34.7 Å². The summed E-state index contributed by atoms with van der Waals surface area (Å²) < 4.78 is 36.3. The fraction of sp³-hybridized carbons (Fsp3) is 0.308. The molecule has 0 aliphatic carbocycles. The van der Waals surface area contributed by atoms with Gasteiger partial charge in [0, 0.05) is 39.8 Å². The first-order valence-corrected chi connectivity index (χ1v) is 12.7. The minimum absolute atomic E-state index is 0.280. The Kier molecular flexibility index (Phi) is 8.64. The van der Waals surface area contributed by atoms with E-state index in [1.807, 2.05) is 53.1 Å². The summed E-state index contributed by atoms with van der Waals surface area (Å²) >= 11 is 6.57. The lowest BCUT2D eigenvalue weighted by atomic mass is 10.1. The number of benzene rings is 2. The summed E-state index contributed by atoms with van der Waals surface area (Å²) in [4.78, 5) is 42.7. The summed E-state index contributed by atoms with van der Waals surface area (Å²) in [7, 11) is 1.66. The summed E-state index contributed by atoms with van der Waals surface area (Å²) in [6, 6.07) is 17.2. The fourth-order valence-electron chi connectivity index (χ4n) is 4.33. The van der Waals surface area contributed by atoms with E-state index in [0.717, 1.165) is 31.7 Å². The molecule has 4 aromatic rings. The van der Waals surface area contributed by atoms with E-state index in [-0.39, 0.29) is 17.8 Å². The number of rotatable bonds is 5. The number of aliphatic carboxylic acids is 1. The number of nitrogens with zero attached hydrogens (tertiary/aromatic N) is 5. The molecule has 10 nitrogen and oxygen atoms in total. The Bertz CT molecular complexity index is 1630. The van der Waals surface area contributed by atoms with E-state index >= 15 is 0 Å². The highest BCUT2D eigenvalue weighted by molar-refractivity contribution is 6.32. The number of hydrogen-bond donors (Lipinski definition) is 2. The van der Waals surface area contributed by atoms with Crippen molar-refractivity contribution in [2.24, 2.45) is 7.05 Å². The van der Waals surface area contributed by atoms with Gasteiger partial charge in [-0.2, -0.15) is 18.2 Å². The van der Waals surface area contributed by atoms with Gasteiger partial charge in [0.25, 0.3) is 5.56 Å². The van der Waals surface area contributed by atoms with Crippen LogP contribution < -0.4 is 21.5 Å². The molecule has 14 heteroatoms. The smallest absolute Gasteiger partial charge is 0.475 e. The molecule has 0 spiro atoms. The number of anilines is 1. The van der Waals surface area contributed by atoms with Crippen LogP contribution in [0.15, 0.2) is 64.2 Å². The van der Waals surface area contributed by atoms with Crippen molar-refractivity contribution < 1.29 is 23.1 Å². The molecule has 1 saturated heterocycles. The Balaban J connectivity index is 0.000000470. The first-order valence-electron chi connectivity index (χ1n) is 12.3. The molecule has 0 amide bonds. The first kappa shape index (κ1) is 28.9. The summed E-state index contributed by atoms with van der Waals surface area (Å²) in [5, 5.41) is 11.0. The summed E-state index contributed by atoms with van der Waals surface area (Å²) in [6.45, 7) is 3.38. The van der Waals surface area contributed by atoms with Gasteiger partial charge in [-0.1, -0.05) is 54.1 Å². The van der Waals surface area contributed by atoms with Gasteiger partial charge in [-0.3, -0.25) is 18.5 Å². The van der Waals surface area contributed by atoms with E-state index in [4.69, 9.17) is 26.5 Å². The highest BCUT2D eigenvalue weighted by atomic mass is 35.5. The lowest BCUT2D eigenvalue weighted by Crippen LogP contribution is -2.44. The zero-order valence-corrected chi connectivity index (χ0v) is 22.1. The third-order valence-electron chi connectivity index (χ3n) is 6.33. The van der Waals surface area contributed by atoms with Gasteiger partial charge in [0.05, 0.1) is 10.7 Å². The first-order chi connectivity index (χ1) is 19.0. The molecule has 0 radical (unpaired) electrons. The lowest BCUT2D eigenvalue weighted by Gasteiger charge is -2.28. The normalized spacial score (nSPS) is 13.7. The maximum Gasteiger partial charge on any atom is 0.490 e. The Morgan fingerprint density at radius 1 is 1.05 bits per heavy atom.